The number of carboxylic acids is 1. The van der Waals surface area contributed by atoms with Crippen LogP contribution < -0.4 is 5.73 Å². The van der Waals surface area contributed by atoms with Crippen molar-refractivity contribution >= 4 is 11.9 Å². The van der Waals surface area contributed by atoms with Crippen molar-refractivity contribution in [3.63, 3.8) is 0 Å². The zero-order valence-electron chi connectivity index (χ0n) is 10.8. The lowest BCUT2D eigenvalue weighted by molar-refractivity contribution is -0.149. The van der Waals surface area contributed by atoms with E-state index in [4.69, 9.17) is 5.73 Å². The maximum atomic E-state index is 12.4. The van der Waals surface area contributed by atoms with E-state index in [-0.39, 0.29) is 17.9 Å². The summed E-state index contributed by atoms with van der Waals surface area (Å²) in [6.07, 6.45) is 3.19. The molecule has 2 fully saturated rings. The zero-order valence-corrected chi connectivity index (χ0v) is 10.8. The number of hydrogen-bond acceptors (Lipinski definition) is 3. The fourth-order valence-electron chi connectivity index (χ4n) is 3.28. The van der Waals surface area contributed by atoms with Crippen molar-refractivity contribution in [1.82, 2.24) is 4.90 Å². The Morgan fingerprint density at radius 1 is 1.28 bits per heavy atom. The first-order chi connectivity index (χ1) is 8.49. The number of hydrogen-bond donors (Lipinski definition) is 2. The van der Waals surface area contributed by atoms with Gasteiger partial charge in [-0.1, -0.05) is 6.92 Å². The third-order valence-electron chi connectivity index (χ3n) is 4.20. The van der Waals surface area contributed by atoms with Crippen LogP contribution in [0.25, 0.3) is 0 Å². The molecular weight excluding hydrogens is 232 g/mol. The van der Waals surface area contributed by atoms with Gasteiger partial charge in [0.2, 0.25) is 5.91 Å². The number of carbonyl (C=O) groups excluding carboxylic acids is 1. The van der Waals surface area contributed by atoms with E-state index in [1.807, 2.05) is 6.92 Å². The van der Waals surface area contributed by atoms with Gasteiger partial charge >= 0.3 is 5.97 Å². The lowest BCUT2D eigenvalue weighted by atomic mass is 9.93. The minimum absolute atomic E-state index is 0.00176. The van der Waals surface area contributed by atoms with E-state index in [1.54, 1.807) is 4.90 Å². The molecule has 0 bridgehead atoms. The second-order valence-corrected chi connectivity index (χ2v) is 5.81. The molecule has 5 nitrogen and oxygen atoms in total. The Labute approximate surface area is 107 Å². The highest BCUT2D eigenvalue weighted by Crippen LogP contribution is 2.37. The summed E-state index contributed by atoms with van der Waals surface area (Å²) < 4.78 is 0. The largest absolute Gasteiger partial charge is 0.481 e. The van der Waals surface area contributed by atoms with Crippen LogP contribution in [0.5, 0.6) is 0 Å². The number of amides is 1. The van der Waals surface area contributed by atoms with Crippen LogP contribution in [0.1, 0.15) is 32.6 Å². The lowest BCUT2D eigenvalue weighted by Gasteiger charge is -2.33. The minimum atomic E-state index is -0.834. The normalized spacial score (nSPS) is 36.7. The van der Waals surface area contributed by atoms with Crippen molar-refractivity contribution < 1.29 is 14.7 Å². The Hall–Kier alpha value is -1.10. The van der Waals surface area contributed by atoms with Crippen LogP contribution in [0.2, 0.25) is 0 Å². The summed E-state index contributed by atoms with van der Waals surface area (Å²) in [5.74, 6) is -1.37. The SMILES string of the molecule is CC1CC(C(=O)O)C(C(=O)N2CCCC(N)C2)C1. The smallest absolute Gasteiger partial charge is 0.307 e. The summed E-state index contributed by atoms with van der Waals surface area (Å²) in [4.78, 5) is 25.4. The second-order valence-electron chi connectivity index (χ2n) is 5.81. The van der Waals surface area contributed by atoms with E-state index in [9.17, 15) is 14.7 Å². The molecule has 1 amide bonds. The third-order valence-corrected chi connectivity index (χ3v) is 4.20. The van der Waals surface area contributed by atoms with E-state index in [1.165, 1.54) is 0 Å². The van der Waals surface area contributed by atoms with Gasteiger partial charge in [-0.3, -0.25) is 9.59 Å². The molecule has 1 saturated heterocycles. The van der Waals surface area contributed by atoms with Crippen LogP contribution in [0.3, 0.4) is 0 Å². The maximum absolute atomic E-state index is 12.4. The van der Waals surface area contributed by atoms with Crippen LogP contribution in [-0.4, -0.2) is 41.0 Å². The van der Waals surface area contributed by atoms with E-state index >= 15 is 0 Å². The summed E-state index contributed by atoms with van der Waals surface area (Å²) in [6, 6.07) is 0.0461. The summed E-state index contributed by atoms with van der Waals surface area (Å²) >= 11 is 0. The molecule has 4 atom stereocenters. The van der Waals surface area contributed by atoms with Crippen LogP contribution in [0, 0.1) is 17.8 Å². The quantitative estimate of drug-likeness (QED) is 0.759. The molecule has 0 radical (unpaired) electrons. The molecule has 5 heteroatoms. The molecule has 0 aromatic heterocycles. The summed E-state index contributed by atoms with van der Waals surface area (Å²) in [6.45, 7) is 3.32. The second kappa shape index (κ2) is 5.26. The number of nitrogens with two attached hydrogens (primary N) is 1. The number of rotatable bonds is 2. The van der Waals surface area contributed by atoms with Gasteiger partial charge in [-0.05, 0) is 31.6 Å². The average Bonchev–Trinajstić information content (AvgIpc) is 2.70. The fourth-order valence-corrected chi connectivity index (χ4v) is 3.28. The van der Waals surface area contributed by atoms with E-state index in [0.717, 1.165) is 19.4 Å². The minimum Gasteiger partial charge on any atom is -0.481 e. The van der Waals surface area contributed by atoms with Gasteiger partial charge in [0.15, 0.2) is 0 Å². The highest BCUT2D eigenvalue weighted by molar-refractivity contribution is 5.85. The van der Waals surface area contributed by atoms with Gasteiger partial charge in [-0.15, -0.1) is 0 Å². The molecule has 1 aliphatic carbocycles. The van der Waals surface area contributed by atoms with Crippen molar-refractivity contribution in [3.05, 3.63) is 0 Å². The lowest BCUT2D eigenvalue weighted by Crippen LogP contribution is -2.48. The molecule has 18 heavy (non-hydrogen) atoms. The van der Waals surface area contributed by atoms with E-state index in [0.29, 0.717) is 25.3 Å². The van der Waals surface area contributed by atoms with Crippen LogP contribution in [0.15, 0.2) is 0 Å². The molecular formula is C13H22N2O3. The Kier molecular flexibility index (Phi) is 3.90. The number of nitrogens with zero attached hydrogens (tertiary/aromatic N) is 1. The molecule has 1 saturated carbocycles. The monoisotopic (exact) mass is 254 g/mol. The Balaban J connectivity index is 2.05. The summed E-state index contributed by atoms with van der Waals surface area (Å²) in [7, 11) is 0. The zero-order chi connectivity index (χ0) is 13.3. The molecule has 1 heterocycles. The standard InChI is InChI=1S/C13H22N2O3/c1-8-5-10(11(6-8)13(17)18)12(16)15-4-2-3-9(14)7-15/h8-11H,2-7,14H2,1H3,(H,17,18). The van der Waals surface area contributed by atoms with Gasteiger partial charge in [0.05, 0.1) is 11.8 Å². The number of aliphatic carboxylic acids is 1. The fraction of sp³-hybridized carbons (Fsp3) is 0.846. The molecule has 3 N–H and O–H groups in total. The molecule has 4 unspecified atom stereocenters. The highest BCUT2D eigenvalue weighted by atomic mass is 16.4. The Bertz CT molecular complexity index is 345. The molecule has 0 aromatic carbocycles. The van der Waals surface area contributed by atoms with E-state index < -0.39 is 11.9 Å². The average molecular weight is 254 g/mol. The number of likely N-dealkylation sites (tertiary alicyclic amines) is 1. The van der Waals surface area contributed by atoms with Gasteiger partial charge in [0, 0.05) is 19.1 Å². The van der Waals surface area contributed by atoms with Crippen molar-refractivity contribution in [2.24, 2.45) is 23.5 Å². The first-order valence-electron chi connectivity index (χ1n) is 6.76. The first-order valence-corrected chi connectivity index (χ1v) is 6.76. The van der Waals surface area contributed by atoms with Crippen molar-refractivity contribution in [2.45, 2.75) is 38.6 Å². The van der Waals surface area contributed by atoms with Gasteiger partial charge in [0.25, 0.3) is 0 Å². The number of carbonyl (C=O) groups is 2. The summed E-state index contributed by atoms with van der Waals surface area (Å²) in [5.41, 5.74) is 5.87. The maximum Gasteiger partial charge on any atom is 0.307 e. The molecule has 102 valence electrons. The summed E-state index contributed by atoms with van der Waals surface area (Å²) in [5, 5.41) is 9.21. The van der Waals surface area contributed by atoms with Gasteiger partial charge < -0.3 is 15.7 Å². The molecule has 1 aliphatic heterocycles. The topological polar surface area (TPSA) is 83.6 Å². The molecule has 2 aliphatic rings. The van der Waals surface area contributed by atoms with Gasteiger partial charge in [0.1, 0.15) is 0 Å². The number of piperidine rings is 1. The Morgan fingerprint density at radius 2 is 1.94 bits per heavy atom. The van der Waals surface area contributed by atoms with Crippen molar-refractivity contribution in [1.29, 1.82) is 0 Å². The first kappa shape index (κ1) is 13.3. The van der Waals surface area contributed by atoms with Crippen molar-refractivity contribution in [2.75, 3.05) is 13.1 Å². The van der Waals surface area contributed by atoms with Crippen molar-refractivity contribution in [3.8, 4) is 0 Å². The Morgan fingerprint density at radius 3 is 2.56 bits per heavy atom. The predicted octanol–water partition coefficient (Wildman–Crippen LogP) is 0.683. The predicted molar refractivity (Wildman–Crippen MR) is 66.8 cm³/mol. The van der Waals surface area contributed by atoms with Crippen LogP contribution in [-0.2, 0) is 9.59 Å². The van der Waals surface area contributed by atoms with Crippen LogP contribution >= 0.6 is 0 Å². The van der Waals surface area contributed by atoms with Crippen LogP contribution in [0.4, 0.5) is 0 Å². The molecule has 2 rings (SSSR count). The molecule has 0 spiro atoms. The highest BCUT2D eigenvalue weighted by Gasteiger charge is 2.43. The number of carboxylic acid groups (broad SMARTS) is 1. The third kappa shape index (κ3) is 2.66. The van der Waals surface area contributed by atoms with Gasteiger partial charge in [-0.2, -0.15) is 0 Å². The van der Waals surface area contributed by atoms with E-state index in [2.05, 4.69) is 0 Å². The van der Waals surface area contributed by atoms with Gasteiger partial charge in [-0.25, -0.2) is 0 Å². The molecule has 0 aromatic rings.